The number of aryl methyl sites for hydroxylation is 1. The summed E-state index contributed by atoms with van der Waals surface area (Å²) in [6, 6.07) is 19.2. The summed E-state index contributed by atoms with van der Waals surface area (Å²) in [5.41, 5.74) is 2.12. The highest BCUT2D eigenvalue weighted by atomic mass is 32.2. The number of hydrogen-bond acceptors (Lipinski definition) is 6. The van der Waals surface area contributed by atoms with Gasteiger partial charge >= 0.3 is 0 Å². The average Bonchev–Trinajstić information content (AvgIpc) is 2.94. The van der Waals surface area contributed by atoms with E-state index < -0.39 is 28.5 Å². The highest BCUT2D eigenvalue weighted by Gasteiger charge is 2.33. The van der Waals surface area contributed by atoms with Crippen molar-refractivity contribution in [2.75, 3.05) is 25.1 Å². The minimum absolute atomic E-state index is 0.0714. The van der Waals surface area contributed by atoms with Gasteiger partial charge in [0.2, 0.25) is 11.8 Å². The molecule has 0 saturated carbocycles. The Morgan fingerprint density at radius 1 is 0.875 bits per heavy atom. The van der Waals surface area contributed by atoms with Crippen molar-refractivity contribution in [3.8, 4) is 11.5 Å². The molecular weight excluding hydrogens is 530 g/mol. The zero-order chi connectivity index (χ0) is 29.4. The van der Waals surface area contributed by atoms with Crippen LogP contribution in [0.3, 0.4) is 0 Å². The summed E-state index contributed by atoms with van der Waals surface area (Å²) in [5, 5.41) is 2.85. The molecule has 0 saturated heterocycles. The Labute approximate surface area is 236 Å². The lowest BCUT2D eigenvalue weighted by molar-refractivity contribution is -0.139. The Bertz CT molecular complexity index is 1430. The highest BCUT2D eigenvalue weighted by molar-refractivity contribution is 7.92. The number of hydrogen-bond donors (Lipinski definition) is 1. The Kier molecular flexibility index (Phi) is 10.2. The Morgan fingerprint density at radius 3 is 2.10 bits per heavy atom. The van der Waals surface area contributed by atoms with Crippen LogP contribution in [0.4, 0.5) is 5.69 Å². The lowest BCUT2D eigenvalue weighted by atomic mass is 10.1. The largest absolute Gasteiger partial charge is 0.493 e. The topological polar surface area (TPSA) is 105 Å². The third-order valence-electron chi connectivity index (χ3n) is 6.47. The first-order valence-electron chi connectivity index (χ1n) is 12.9. The molecule has 0 bridgehead atoms. The Hall–Kier alpha value is -4.05. The third-order valence-corrected chi connectivity index (χ3v) is 8.24. The number of methoxy groups -OCH3 is 2. The number of benzene rings is 3. The SMILES string of the molecule is COc1ccc(S(=O)(=O)N(CC(=O)N(Cc2ccccc2C)C(C)C(=O)NC(C)C)c2ccccc2)cc1OC. The average molecular weight is 568 g/mol. The third kappa shape index (κ3) is 7.12. The normalized spacial score (nSPS) is 12.0. The molecule has 0 fully saturated rings. The van der Waals surface area contributed by atoms with Crippen molar-refractivity contribution in [3.63, 3.8) is 0 Å². The van der Waals surface area contributed by atoms with Gasteiger partial charge in [-0.3, -0.25) is 13.9 Å². The molecule has 0 aliphatic heterocycles. The number of amides is 2. The number of carbonyl (C=O) groups excluding carboxylic acids is 2. The molecule has 9 nitrogen and oxygen atoms in total. The number of anilines is 1. The minimum atomic E-state index is -4.24. The molecule has 1 atom stereocenters. The summed E-state index contributed by atoms with van der Waals surface area (Å²) in [7, 11) is -1.36. The van der Waals surface area contributed by atoms with E-state index in [1.165, 1.54) is 37.3 Å². The van der Waals surface area contributed by atoms with Crippen molar-refractivity contribution in [2.45, 2.75) is 51.2 Å². The number of ether oxygens (including phenoxy) is 2. The summed E-state index contributed by atoms with van der Waals surface area (Å²) in [5.74, 6) is -0.241. The molecule has 3 aromatic carbocycles. The number of para-hydroxylation sites is 1. The van der Waals surface area contributed by atoms with Crippen LogP contribution >= 0.6 is 0 Å². The lowest BCUT2D eigenvalue weighted by Crippen LogP contribution is -2.52. The first-order chi connectivity index (χ1) is 19.0. The van der Waals surface area contributed by atoms with Crippen LogP contribution in [0.25, 0.3) is 0 Å². The van der Waals surface area contributed by atoms with E-state index in [9.17, 15) is 18.0 Å². The first-order valence-corrected chi connectivity index (χ1v) is 14.4. The predicted octanol–water partition coefficient (Wildman–Crippen LogP) is 4.15. The fourth-order valence-electron chi connectivity index (χ4n) is 4.19. The molecule has 3 aromatic rings. The van der Waals surface area contributed by atoms with Gasteiger partial charge in [0.05, 0.1) is 24.8 Å². The summed E-state index contributed by atoms with van der Waals surface area (Å²) in [6.07, 6.45) is 0. The molecule has 10 heteroatoms. The number of nitrogens with zero attached hydrogens (tertiary/aromatic N) is 2. The molecule has 40 heavy (non-hydrogen) atoms. The van der Waals surface area contributed by atoms with Crippen LogP contribution in [0.1, 0.15) is 31.9 Å². The van der Waals surface area contributed by atoms with Crippen LogP contribution in [0.2, 0.25) is 0 Å². The fraction of sp³-hybridized carbons (Fsp3) is 0.333. The fourth-order valence-corrected chi connectivity index (χ4v) is 5.62. The molecule has 0 aliphatic carbocycles. The molecule has 0 radical (unpaired) electrons. The molecule has 0 aliphatic rings. The number of nitrogens with one attached hydrogen (secondary N) is 1. The Morgan fingerprint density at radius 2 is 1.50 bits per heavy atom. The predicted molar refractivity (Wildman–Crippen MR) is 155 cm³/mol. The number of carbonyl (C=O) groups is 2. The van der Waals surface area contributed by atoms with E-state index in [1.54, 1.807) is 37.3 Å². The van der Waals surface area contributed by atoms with E-state index >= 15 is 0 Å². The second-order valence-electron chi connectivity index (χ2n) is 9.65. The van der Waals surface area contributed by atoms with Gasteiger partial charge in [0.1, 0.15) is 12.6 Å². The zero-order valence-electron chi connectivity index (χ0n) is 23.7. The van der Waals surface area contributed by atoms with Gasteiger partial charge in [-0.05, 0) is 63.1 Å². The molecule has 3 rings (SSSR count). The van der Waals surface area contributed by atoms with E-state index in [4.69, 9.17) is 9.47 Å². The van der Waals surface area contributed by atoms with E-state index in [-0.39, 0.29) is 29.1 Å². The van der Waals surface area contributed by atoms with Gasteiger partial charge in [0, 0.05) is 18.7 Å². The van der Waals surface area contributed by atoms with Gasteiger partial charge in [0.25, 0.3) is 10.0 Å². The first kappa shape index (κ1) is 30.5. The van der Waals surface area contributed by atoms with Crippen molar-refractivity contribution in [1.29, 1.82) is 0 Å². The van der Waals surface area contributed by atoms with Crippen LogP contribution in [0.15, 0.2) is 77.7 Å². The molecular formula is C30H37N3O6S. The van der Waals surface area contributed by atoms with E-state index in [1.807, 2.05) is 45.0 Å². The van der Waals surface area contributed by atoms with Crippen LogP contribution < -0.4 is 19.1 Å². The maximum Gasteiger partial charge on any atom is 0.264 e. The molecule has 1 N–H and O–H groups in total. The van der Waals surface area contributed by atoms with Crippen LogP contribution in [0.5, 0.6) is 11.5 Å². The summed E-state index contributed by atoms with van der Waals surface area (Å²) < 4.78 is 39.6. The second kappa shape index (κ2) is 13.3. The van der Waals surface area contributed by atoms with Gasteiger partial charge in [-0.2, -0.15) is 0 Å². The number of sulfonamides is 1. The molecule has 214 valence electrons. The Balaban J connectivity index is 2.05. The summed E-state index contributed by atoms with van der Waals surface area (Å²) in [4.78, 5) is 28.3. The van der Waals surface area contributed by atoms with E-state index in [0.717, 1.165) is 15.4 Å². The summed E-state index contributed by atoms with van der Waals surface area (Å²) >= 11 is 0. The van der Waals surface area contributed by atoms with Crippen LogP contribution in [-0.2, 0) is 26.2 Å². The van der Waals surface area contributed by atoms with Gasteiger partial charge in [-0.15, -0.1) is 0 Å². The smallest absolute Gasteiger partial charge is 0.264 e. The van der Waals surface area contributed by atoms with E-state index in [2.05, 4.69) is 5.32 Å². The van der Waals surface area contributed by atoms with Gasteiger partial charge in [-0.25, -0.2) is 8.42 Å². The number of rotatable bonds is 12. The minimum Gasteiger partial charge on any atom is -0.493 e. The standard InChI is InChI=1S/C30H37N3O6S/c1-21(2)31-30(35)23(4)32(19-24-13-11-10-12-22(24)3)29(34)20-33(25-14-8-7-9-15-25)40(36,37)26-16-17-27(38-5)28(18-26)39-6/h7-18,21,23H,19-20H2,1-6H3,(H,31,35). The second-order valence-corrected chi connectivity index (χ2v) is 11.5. The highest BCUT2D eigenvalue weighted by Crippen LogP contribution is 2.32. The monoisotopic (exact) mass is 567 g/mol. The van der Waals surface area contributed by atoms with Gasteiger partial charge in [0.15, 0.2) is 11.5 Å². The van der Waals surface area contributed by atoms with E-state index in [0.29, 0.717) is 11.4 Å². The molecule has 1 unspecified atom stereocenters. The maximum atomic E-state index is 14.0. The van der Waals surface area contributed by atoms with Gasteiger partial charge in [-0.1, -0.05) is 42.5 Å². The van der Waals surface area contributed by atoms with Gasteiger partial charge < -0.3 is 19.7 Å². The summed E-state index contributed by atoms with van der Waals surface area (Å²) in [6.45, 7) is 6.86. The van der Waals surface area contributed by atoms with Crippen LogP contribution in [-0.4, -0.2) is 58.0 Å². The van der Waals surface area contributed by atoms with Crippen molar-refractivity contribution in [2.24, 2.45) is 0 Å². The maximum absolute atomic E-state index is 14.0. The van der Waals surface area contributed by atoms with Crippen molar-refractivity contribution in [3.05, 3.63) is 83.9 Å². The molecule has 2 amide bonds. The molecule has 0 heterocycles. The lowest BCUT2D eigenvalue weighted by Gasteiger charge is -2.32. The van der Waals surface area contributed by atoms with Crippen LogP contribution in [0, 0.1) is 6.92 Å². The van der Waals surface area contributed by atoms with Crippen molar-refractivity contribution >= 4 is 27.5 Å². The quantitative estimate of drug-likeness (QED) is 0.353. The van der Waals surface area contributed by atoms with Crippen molar-refractivity contribution in [1.82, 2.24) is 10.2 Å². The zero-order valence-corrected chi connectivity index (χ0v) is 24.6. The van der Waals surface area contributed by atoms with Crippen molar-refractivity contribution < 1.29 is 27.5 Å². The molecule has 0 spiro atoms. The molecule has 0 aromatic heterocycles.